The van der Waals surface area contributed by atoms with Crippen molar-refractivity contribution in [2.45, 2.75) is 52.5 Å². The first-order chi connectivity index (χ1) is 16.3. The fourth-order valence-electron chi connectivity index (χ4n) is 3.80. The molecule has 0 N–H and O–H groups in total. The van der Waals surface area contributed by atoms with Crippen molar-refractivity contribution in [3.05, 3.63) is 58.7 Å². The summed E-state index contributed by atoms with van der Waals surface area (Å²) in [6.45, 7) is 4.40. The minimum absolute atomic E-state index is 0.0115. The molecule has 1 unspecified atom stereocenters. The average Bonchev–Trinajstić information content (AvgIpc) is 3.12. The van der Waals surface area contributed by atoms with Crippen LogP contribution in [0.2, 0.25) is 5.02 Å². The summed E-state index contributed by atoms with van der Waals surface area (Å²) in [4.78, 5) is 12.1. The number of benzene rings is 2. The normalized spacial score (nSPS) is 12.2. The Balaban J connectivity index is 2.11. The molecule has 0 aliphatic rings. The molecule has 0 spiro atoms. The second kappa shape index (κ2) is 11.8. The minimum Gasteiger partial charge on any atom is -0.755 e. The number of carbonyl (C=O) groups excluding carboxylic acids is 1. The molecule has 6 nitrogen and oxygen atoms in total. The van der Waals surface area contributed by atoms with E-state index in [1.54, 1.807) is 11.5 Å². The molecule has 0 bridgehead atoms. The van der Waals surface area contributed by atoms with Crippen molar-refractivity contribution in [3.63, 3.8) is 0 Å². The topological polar surface area (TPSA) is 74.6 Å². The third kappa shape index (κ3) is 5.76. The van der Waals surface area contributed by atoms with E-state index < -0.39 is 28.9 Å². The van der Waals surface area contributed by atoms with Crippen LogP contribution in [-0.4, -0.2) is 25.9 Å². The number of unbranched alkanes of at least 4 members (excludes halogenated alkanes) is 4. The van der Waals surface area contributed by atoms with Crippen molar-refractivity contribution in [3.8, 4) is 0 Å². The highest BCUT2D eigenvalue weighted by molar-refractivity contribution is 7.81. The zero-order chi connectivity index (χ0) is 24.8. The Kier molecular flexibility index (Phi) is 9.04. The van der Waals surface area contributed by atoms with E-state index in [9.17, 15) is 22.3 Å². The van der Waals surface area contributed by atoms with E-state index in [-0.39, 0.29) is 34.0 Å². The molecule has 1 heterocycles. The Morgan fingerprint density at radius 1 is 1.09 bits per heavy atom. The van der Waals surface area contributed by atoms with Gasteiger partial charge in [-0.3, -0.25) is 8.51 Å². The van der Waals surface area contributed by atoms with Gasteiger partial charge in [0, 0.05) is 18.1 Å². The predicted octanol–water partition coefficient (Wildman–Crippen LogP) is 6.65. The number of rotatable bonds is 11. The van der Waals surface area contributed by atoms with Crippen LogP contribution < -0.4 is 4.31 Å². The van der Waals surface area contributed by atoms with E-state index in [0.29, 0.717) is 16.4 Å². The largest absolute Gasteiger partial charge is 0.755 e. The minimum atomic E-state index is -2.98. The molecule has 0 aliphatic heterocycles. The van der Waals surface area contributed by atoms with Crippen molar-refractivity contribution >= 4 is 51.1 Å². The Hall–Kier alpha value is -2.49. The average molecular weight is 512 g/mol. The van der Waals surface area contributed by atoms with Gasteiger partial charge in [-0.05, 0) is 43.7 Å². The molecule has 0 saturated heterocycles. The van der Waals surface area contributed by atoms with Crippen molar-refractivity contribution in [2.75, 3.05) is 10.9 Å². The van der Waals surface area contributed by atoms with Gasteiger partial charge in [-0.1, -0.05) is 44.2 Å². The van der Waals surface area contributed by atoms with Gasteiger partial charge >= 0.3 is 5.97 Å². The number of hydrogen-bond donors (Lipinski definition) is 0. The second-order valence-corrected chi connectivity index (χ2v) is 9.01. The summed E-state index contributed by atoms with van der Waals surface area (Å²) in [6, 6.07) is 5.86. The van der Waals surface area contributed by atoms with Crippen LogP contribution in [0.15, 0.2) is 36.5 Å². The number of carbonyl (C=O) groups is 1. The smallest absolute Gasteiger partial charge is 0.338 e. The molecule has 0 aliphatic carbocycles. The van der Waals surface area contributed by atoms with Crippen LogP contribution in [0, 0.1) is 11.6 Å². The van der Waals surface area contributed by atoms with Gasteiger partial charge < -0.3 is 13.9 Å². The van der Waals surface area contributed by atoms with Gasteiger partial charge in [0.25, 0.3) is 0 Å². The van der Waals surface area contributed by atoms with Crippen LogP contribution in [0.5, 0.6) is 0 Å². The maximum absolute atomic E-state index is 14.8. The molecule has 10 heteroatoms. The van der Waals surface area contributed by atoms with E-state index in [1.807, 2.05) is 0 Å². The molecule has 184 valence electrons. The second-order valence-electron chi connectivity index (χ2n) is 7.80. The standard InChI is InChI=1S/C24H27ClF2N2O4S/c1-3-5-6-7-8-11-28-15-23(17-13-20(27)18(25)14-21(17)28)29(34(31)32)22-12-16(9-10-19(22)26)24(30)33-4-2/h9-10,12-15H,3-8,11H2,1-2H3,(H,31,32)/p-1. The molecule has 34 heavy (non-hydrogen) atoms. The number of halogens is 3. The highest BCUT2D eigenvalue weighted by Gasteiger charge is 2.23. The molecule has 0 fully saturated rings. The number of nitrogens with zero attached hydrogens (tertiary/aromatic N) is 2. The molecule has 2 aromatic carbocycles. The van der Waals surface area contributed by atoms with Crippen molar-refractivity contribution < 1.29 is 27.1 Å². The Bertz CT molecular complexity index is 1200. The summed E-state index contributed by atoms with van der Waals surface area (Å²) in [5.41, 5.74) is 0.181. The maximum atomic E-state index is 14.8. The molecular formula is C24H26ClF2N2O4S-. The zero-order valence-corrected chi connectivity index (χ0v) is 20.6. The molecule has 0 saturated carbocycles. The van der Waals surface area contributed by atoms with Gasteiger partial charge in [-0.15, -0.1) is 0 Å². The van der Waals surface area contributed by atoms with Crippen LogP contribution in [0.25, 0.3) is 10.9 Å². The van der Waals surface area contributed by atoms with Gasteiger partial charge in [-0.2, -0.15) is 0 Å². The van der Waals surface area contributed by atoms with Crippen LogP contribution in [0.1, 0.15) is 56.3 Å². The molecule has 3 aromatic rings. The number of aryl methyl sites for hydroxylation is 1. The summed E-state index contributed by atoms with van der Waals surface area (Å²) in [6.07, 6.45) is 6.63. The van der Waals surface area contributed by atoms with Crippen molar-refractivity contribution in [1.82, 2.24) is 4.57 Å². The highest BCUT2D eigenvalue weighted by atomic mass is 35.5. The lowest BCUT2D eigenvalue weighted by atomic mass is 10.1. The van der Waals surface area contributed by atoms with Crippen LogP contribution in [0.4, 0.5) is 20.2 Å². The molecule has 0 radical (unpaired) electrons. The van der Waals surface area contributed by atoms with Crippen LogP contribution in [0.3, 0.4) is 0 Å². The lowest BCUT2D eigenvalue weighted by molar-refractivity contribution is 0.0526. The number of fused-ring (bicyclic) bond motifs is 1. The van der Waals surface area contributed by atoms with E-state index >= 15 is 0 Å². The van der Waals surface area contributed by atoms with E-state index in [4.69, 9.17) is 16.3 Å². The summed E-state index contributed by atoms with van der Waals surface area (Å²) >= 11 is 3.02. The van der Waals surface area contributed by atoms with Gasteiger partial charge in [-0.25, -0.2) is 13.6 Å². The molecule has 0 amide bonds. The lowest BCUT2D eigenvalue weighted by Crippen LogP contribution is -2.21. The van der Waals surface area contributed by atoms with Gasteiger partial charge in [0.1, 0.15) is 11.6 Å². The Morgan fingerprint density at radius 3 is 2.50 bits per heavy atom. The third-order valence-corrected chi connectivity index (χ3v) is 6.43. The van der Waals surface area contributed by atoms with Crippen LogP contribution in [-0.2, 0) is 22.5 Å². The van der Waals surface area contributed by atoms with Gasteiger partial charge in [0.05, 0.1) is 45.4 Å². The van der Waals surface area contributed by atoms with E-state index in [1.165, 1.54) is 18.3 Å². The fourth-order valence-corrected chi connectivity index (χ4v) is 4.56. The van der Waals surface area contributed by atoms with Crippen molar-refractivity contribution in [2.24, 2.45) is 0 Å². The molecule has 3 rings (SSSR count). The van der Waals surface area contributed by atoms with Gasteiger partial charge in [0.2, 0.25) is 0 Å². The first-order valence-electron chi connectivity index (χ1n) is 11.1. The number of ether oxygens (including phenoxy) is 1. The van der Waals surface area contributed by atoms with E-state index in [0.717, 1.165) is 50.3 Å². The monoisotopic (exact) mass is 511 g/mol. The fraction of sp³-hybridized carbons (Fsp3) is 0.375. The highest BCUT2D eigenvalue weighted by Crippen LogP contribution is 2.38. The summed E-state index contributed by atoms with van der Waals surface area (Å²) < 4.78 is 61.3. The SMILES string of the molecule is CCCCCCCn1cc(N(c2cc(C(=O)OCC)ccc2F)S(=O)[O-])c2cc(F)c(Cl)cc21. The van der Waals surface area contributed by atoms with Crippen molar-refractivity contribution in [1.29, 1.82) is 0 Å². The molecule has 1 atom stereocenters. The quantitative estimate of drug-likeness (QED) is 0.164. The lowest BCUT2D eigenvalue weighted by Gasteiger charge is -2.26. The Labute approximate surface area is 204 Å². The summed E-state index contributed by atoms with van der Waals surface area (Å²) in [5.74, 6) is -2.31. The number of hydrogen-bond acceptors (Lipinski definition) is 4. The first kappa shape index (κ1) is 26.1. The summed E-state index contributed by atoms with van der Waals surface area (Å²) in [7, 11) is 0. The number of esters is 1. The third-order valence-electron chi connectivity index (χ3n) is 5.45. The van der Waals surface area contributed by atoms with Crippen LogP contribution >= 0.6 is 11.6 Å². The zero-order valence-electron chi connectivity index (χ0n) is 19.0. The molecular weight excluding hydrogens is 486 g/mol. The van der Waals surface area contributed by atoms with E-state index in [2.05, 4.69) is 6.92 Å². The number of anilines is 2. The predicted molar refractivity (Wildman–Crippen MR) is 129 cm³/mol. The Morgan fingerprint density at radius 2 is 1.82 bits per heavy atom. The van der Waals surface area contributed by atoms with Gasteiger partial charge in [0.15, 0.2) is 0 Å². The maximum Gasteiger partial charge on any atom is 0.338 e. The summed E-state index contributed by atoms with van der Waals surface area (Å²) in [5, 5.41) is 0.148. The number of aromatic nitrogens is 1. The first-order valence-corrected chi connectivity index (χ1v) is 12.5. The molecule has 1 aromatic heterocycles.